The number of carbonyl (C=O) groups excluding carboxylic acids is 1. The number of hydrogen-bond donors (Lipinski definition) is 0. The summed E-state index contributed by atoms with van der Waals surface area (Å²) in [6.45, 7) is 0.956. The van der Waals surface area contributed by atoms with E-state index in [-0.39, 0.29) is 24.5 Å². The van der Waals surface area contributed by atoms with Crippen molar-refractivity contribution in [3.8, 4) is 0 Å². The zero-order valence-electron chi connectivity index (χ0n) is 13.7. The van der Waals surface area contributed by atoms with E-state index in [1.54, 1.807) is 6.07 Å². The maximum atomic E-state index is 12.4. The van der Waals surface area contributed by atoms with Crippen LogP contribution in [0.3, 0.4) is 0 Å². The molecule has 1 aromatic heterocycles. The molecule has 0 spiro atoms. The number of rotatable bonds is 4. The topological polar surface area (TPSA) is 42.7 Å². The molecule has 2 unspecified atom stereocenters. The minimum Gasteiger partial charge on any atom is -0.456 e. The number of ether oxygens (including phenoxy) is 1. The van der Waals surface area contributed by atoms with E-state index < -0.39 is 0 Å². The normalized spacial score (nSPS) is 21.2. The summed E-state index contributed by atoms with van der Waals surface area (Å²) in [7, 11) is 4.12. The van der Waals surface area contributed by atoms with Gasteiger partial charge in [0.25, 0.3) is 0 Å². The first kappa shape index (κ1) is 17.8. The Morgan fingerprint density at radius 1 is 1.26 bits per heavy atom. The molecule has 4 nitrogen and oxygen atoms in total. The van der Waals surface area contributed by atoms with Crippen molar-refractivity contribution in [2.75, 3.05) is 20.6 Å². The van der Waals surface area contributed by atoms with Gasteiger partial charge in [-0.2, -0.15) is 0 Å². The van der Waals surface area contributed by atoms with E-state index in [4.69, 9.17) is 9.15 Å². The number of nitrogens with zero attached hydrogens (tertiary/aromatic N) is 1. The second kappa shape index (κ2) is 7.84. The van der Waals surface area contributed by atoms with Crippen molar-refractivity contribution in [2.45, 2.75) is 31.8 Å². The molecule has 1 aliphatic rings. The molecule has 0 amide bonds. The fraction of sp³-hybridized carbons (Fsp3) is 0.500. The highest BCUT2D eigenvalue weighted by Crippen LogP contribution is 2.29. The number of halogens is 1. The van der Waals surface area contributed by atoms with Crippen LogP contribution < -0.4 is 0 Å². The van der Waals surface area contributed by atoms with E-state index >= 15 is 0 Å². The lowest BCUT2D eigenvalue weighted by molar-refractivity contribution is -0.00587. The summed E-state index contributed by atoms with van der Waals surface area (Å²) >= 11 is 0. The van der Waals surface area contributed by atoms with E-state index in [0.717, 1.165) is 36.8 Å². The van der Waals surface area contributed by atoms with Crippen LogP contribution in [0.2, 0.25) is 0 Å². The van der Waals surface area contributed by atoms with E-state index in [9.17, 15) is 4.79 Å². The van der Waals surface area contributed by atoms with Crippen LogP contribution in [0, 0.1) is 5.92 Å². The van der Waals surface area contributed by atoms with E-state index in [1.165, 1.54) is 6.42 Å². The quantitative estimate of drug-likeness (QED) is 0.787. The molecule has 0 N–H and O–H groups in total. The number of carbonyl (C=O) groups is 1. The molecule has 0 bridgehead atoms. The van der Waals surface area contributed by atoms with Gasteiger partial charge in [0.1, 0.15) is 11.7 Å². The highest BCUT2D eigenvalue weighted by Gasteiger charge is 2.29. The van der Waals surface area contributed by atoms with Crippen LogP contribution in [0.25, 0.3) is 11.0 Å². The molecular formula is C18H24ClNO3. The van der Waals surface area contributed by atoms with Crippen molar-refractivity contribution in [3.63, 3.8) is 0 Å². The Labute approximate surface area is 143 Å². The van der Waals surface area contributed by atoms with Crippen molar-refractivity contribution >= 4 is 29.3 Å². The zero-order valence-corrected chi connectivity index (χ0v) is 14.5. The number of esters is 1. The summed E-state index contributed by atoms with van der Waals surface area (Å²) in [5, 5.41) is 0.933. The minimum atomic E-state index is -0.341. The zero-order chi connectivity index (χ0) is 15.5. The largest absolute Gasteiger partial charge is 0.456 e. The van der Waals surface area contributed by atoms with Crippen LogP contribution in [0.1, 0.15) is 36.2 Å². The fourth-order valence-corrected chi connectivity index (χ4v) is 3.28. The summed E-state index contributed by atoms with van der Waals surface area (Å²) in [4.78, 5) is 14.5. The summed E-state index contributed by atoms with van der Waals surface area (Å²) in [6, 6.07) is 9.39. The van der Waals surface area contributed by atoms with Gasteiger partial charge in [-0.1, -0.05) is 24.6 Å². The van der Waals surface area contributed by atoms with Gasteiger partial charge < -0.3 is 14.1 Å². The SMILES string of the molecule is CN(C)CC1CCCCC1OC(=O)c1cc2ccccc2o1.Cl. The van der Waals surface area contributed by atoms with Gasteiger partial charge in [0.15, 0.2) is 0 Å². The highest BCUT2D eigenvalue weighted by molar-refractivity contribution is 5.92. The van der Waals surface area contributed by atoms with Gasteiger partial charge in [-0.05, 0) is 45.5 Å². The molecule has 0 saturated heterocycles. The Balaban J connectivity index is 0.00000192. The van der Waals surface area contributed by atoms with Gasteiger partial charge in [-0.25, -0.2) is 4.79 Å². The van der Waals surface area contributed by atoms with Crippen LogP contribution >= 0.6 is 12.4 Å². The molecule has 1 aliphatic carbocycles. The van der Waals surface area contributed by atoms with Gasteiger partial charge in [0.05, 0.1) is 0 Å². The molecular weight excluding hydrogens is 314 g/mol. The van der Waals surface area contributed by atoms with Crippen molar-refractivity contribution in [3.05, 3.63) is 36.1 Å². The molecule has 1 fully saturated rings. The average Bonchev–Trinajstić information content (AvgIpc) is 2.93. The first-order valence-corrected chi connectivity index (χ1v) is 7.98. The van der Waals surface area contributed by atoms with Gasteiger partial charge in [0.2, 0.25) is 5.76 Å². The summed E-state index contributed by atoms with van der Waals surface area (Å²) < 4.78 is 11.4. The Morgan fingerprint density at radius 3 is 2.74 bits per heavy atom. The summed E-state index contributed by atoms with van der Waals surface area (Å²) in [5.74, 6) is 0.374. The fourth-order valence-electron chi connectivity index (χ4n) is 3.28. The smallest absolute Gasteiger partial charge is 0.374 e. The third-order valence-corrected chi connectivity index (χ3v) is 4.32. The molecule has 2 aromatic rings. The minimum absolute atomic E-state index is 0. The molecule has 23 heavy (non-hydrogen) atoms. The first-order chi connectivity index (χ1) is 10.6. The van der Waals surface area contributed by atoms with Crippen LogP contribution in [0.15, 0.2) is 34.7 Å². The Bertz CT molecular complexity index is 620. The van der Waals surface area contributed by atoms with Crippen LogP contribution in [0.4, 0.5) is 0 Å². The molecule has 126 valence electrons. The standard InChI is InChI=1S/C18H23NO3.ClH/c1-19(2)12-14-8-4-6-10-16(14)22-18(20)17-11-13-7-3-5-9-15(13)21-17;/h3,5,7,9,11,14,16H,4,6,8,10,12H2,1-2H3;1H. The average molecular weight is 338 g/mol. The molecule has 5 heteroatoms. The van der Waals surface area contributed by atoms with Crippen molar-refractivity contribution < 1.29 is 13.9 Å². The van der Waals surface area contributed by atoms with Gasteiger partial charge in [0, 0.05) is 17.8 Å². The number of furan rings is 1. The van der Waals surface area contributed by atoms with Crippen molar-refractivity contribution in [2.24, 2.45) is 5.92 Å². The van der Waals surface area contributed by atoms with Crippen LogP contribution in [-0.4, -0.2) is 37.6 Å². The lowest BCUT2D eigenvalue weighted by Gasteiger charge is -2.32. The molecule has 1 saturated carbocycles. The van der Waals surface area contributed by atoms with Crippen LogP contribution in [0.5, 0.6) is 0 Å². The first-order valence-electron chi connectivity index (χ1n) is 7.98. The van der Waals surface area contributed by atoms with Gasteiger partial charge in [-0.3, -0.25) is 0 Å². The van der Waals surface area contributed by atoms with E-state index in [0.29, 0.717) is 11.7 Å². The predicted octanol–water partition coefficient (Wildman–Crippen LogP) is 4.13. The lowest BCUT2D eigenvalue weighted by Crippen LogP contribution is -2.36. The maximum Gasteiger partial charge on any atom is 0.374 e. The molecule has 2 atom stereocenters. The maximum absolute atomic E-state index is 12.4. The predicted molar refractivity (Wildman–Crippen MR) is 93.2 cm³/mol. The summed E-state index contributed by atoms with van der Waals surface area (Å²) in [5.41, 5.74) is 0.725. The molecule has 3 rings (SSSR count). The van der Waals surface area contributed by atoms with Crippen molar-refractivity contribution in [1.82, 2.24) is 4.90 Å². The van der Waals surface area contributed by atoms with Gasteiger partial charge in [-0.15, -0.1) is 12.4 Å². The van der Waals surface area contributed by atoms with Crippen molar-refractivity contribution in [1.29, 1.82) is 0 Å². The van der Waals surface area contributed by atoms with E-state index in [1.807, 2.05) is 24.3 Å². The Hall–Kier alpha value is -1.52. The third kappa shape index (κ3) is 4.27. The molecule has 1 aromatic carbocycles. The molecule has 0 aliphatic heterocycles. The summed E-state index contributed by atoms with van der Waals surface area (Å²) in [6.07, 6.45) is 4.41. The second-order valence-corrected chi connectivity index (χ2v) is 6.40. The van der Waals surface area contributed by atoms with Crippen LogP contribution in [-0.2, 0) is 4.74 Å². The van der Waals surface area contributed by atoms with E-state index in [2.05, 4.69) is 19.0 Å². The number of fused-ring (bicyclic) bond motifs is 1. The number of para-hydroxylation sites is 1. The molecule has 0 radical (unpaired) electrons. The Morgan fingerprint density at radius 2 is 2.00 bits per heavy atom. The second-order valence-electron chi connectivity index (χ2n) is 6.40. The number of benzene rings is 1. The monoisotopic (exact) mass is 337 g/mol. The van der Waals surface area contributed by atoms with Gasteiger partial charge >= 0.3 is 5.97 Å². The number of hydrogen-bond acceptors (Lipinski definition) is 4. The third-order valence-electron chi connectivity index (χ3n) is 4.32. The molecule has 1 heterocycles. The Kier molecular flexibility index (Phi) is 6.08. The lowest BCUT2D eigenvalue weighted by atomic mass is 9.86. The highest BCUT2D eigenvalue weighted by atomic mass is 35.5.